The van der Waals surface area contributed by atoms with Gasteiger partial charge in [0.15, 0.2) is 0 Å². The van der Waals surface area contributed by atoms with Crippen LogP contribution in [0, 0.1) is 0 Å². The number of ether oxygens (including phenoxy) is 1. The summed E-state index contributed by atoms with van der Waals surface area (Å²) in [6, 6.07) is 3.03. The fourth-order valence-electron chi connectivity index (χ4n) is 1.66. The molecule has 0 fully saturated rings. The summed E-state index contributed by atoms with van der Waals surface area (Å²) in [6.07, 6.45) is -1.95. The lowest BCUT2D eigenvalue weighted by Gasteiger charge is -2.19. The molecule has 126 valence electrons. The topological polar surface area (TPSA) is 55.4 Å². The van der Waals surface area contributed by atoms with Gasteiger partial charge in [-0.25, -0.2) is 4.79 Å². The molecule has 0 radical (unpaired) electrons. The molecule has 0 heterocycles. The van der Waals surface area contributed by atoms with Crippen molar-refractivity contribution in [3.05, 3.63) is 41.0 Å². The third kappa shape index (κ3) is 6.99. The van der Waals surface area contributed by atoms with E-state index in [0.29, 0.717) is 6.29 Å². The van der Waals surface area contributed by atoms with Crippen LogP contribution in [0.15, 0.2) is 24.3 Å². The molecular formula is C16H18F3NO3. The first-order valence-corrected chi connectivity index (χ1v) is 6.82. The van der Waals surface area contributed by atoms with Gasteiger partial charge in [0.05, 0.1) is 5.56 Å². The molecule has 0 saturated carbocycles. The highest BCUT2D eigenvalue weighted by molar-refractivity contribution is 5.77. The minimum absolute atomic E-state index is 0.0698. The Morgan fingerprint density at radius 1 is 1.17 bits per heavy atom. The van der Waals surface area contributed by atoms with Gasteiger partial charge >= 0.3 is 12.3 Å². The van der Waals surface area contributed by atoms with Gasteiger partial charge in [0.1, 0.15) is 11.9 Å². The van der Waals surface area contributed by atoms with Gasteiger partial charge in [-0.3, -0.25) is 4.79 Å². The van der Waals surface area contributed by atoms with Crippen molar-refractivity contribution in [2.24, 2.45) is 0 Å². The van der Waals surface area contributed by atoms with E-state index in [4.69, 9.17) is 4.74 Å². The van der Waals surface area contributed by atoms with Crippen molar-refractivity contribution >= 4 is 18.5 Å². The Hall–Kier alpha value is -2.31. The summed E-state index contributed by atoms with van der Waals surface area (Å²) in [7, 11) is 0. The van der Waals surface area contributed by atoms with E-state index in [2.05, 4.69) is 5.32 Å². The molecule has 0 unspecified atom stereocenters. The summed E-state index contributed by atoms with van der Waals surface area (Å²) >= 11 is 0. The fraction of sp³-hybridized carbons (Fsp3) is 0.375. The maximum Gasteiger partial charge on any atom is 0.416 e. The molecule has 0 aliphatic heterocycles. The molecule has 0 aliphatic carbocycles. The van der Waals surface area contributed by atoms with E-state index in [0.717, 1.165) is 12.1 Å². The third-order valence-electron chi connectivity index (χ3n) is 2.51. The highest BCUT2D eigenvalue weighted by Crippen LogP contribution is 2.30. The van der Waals surface area contributed by atoms with Crippen LogP contribution in [0.3, 0.4) is 0 Å². The van der Waals surface area contributed by atoms with Gasteiger partial charge in [0.2, 0.25) is 0 Å². The number of rotatable bonds is 4. The molecule has 0 aromatic heterocycles. The molecule has 0 aliphatic rings. The van der Waals surface area contributed by atoms with Gasteiger partial charge in [-0.15, -0.1) is 0 Å². The average Bonchev–Trinajstić information content (AvgIpc) is 2.40. The number of alkyl carbamates (subject to hydrolysis) is 1. The minimum Gasteiger partial charge on any atom is -0.444 e. The number of aldehydes is 1. The highest BCUT2D eigenvalue weighted by atomic mass is 19.4. The SMILES string of the molecule is CC(C)(C)OC(=O)NCC=Cc1cc(C=O)cc(C(F)(F)F)c1. The number of carbonyl (C=O) groups is 2. The van der Waals surface area contributed by atoms with E-state index in [1.165, 1.54) is 18.2 Å². The van der Waals surface area contributed by atoms with E-state index in [1.54, 1.807) is 20.8 Å². The maximum atomic E-state index is 12.7. The number of nitrogens with one attached hydrogen (secondary N) is 1. The first-order valence-electron chi connectivity index (χ1n) is 6.82. The Balaban J connectivity index is 2.73. The smallest absolute Gasteiger partial charge is 0.416 e. The van der Waals surface area contributed by atoms with Crippen LogP contribution in [0.25, 0.3) is 6.08 Å². The van der Waals surface area contributed by atoms with Crippen molar-refractivity contribution in [3.63, 3.8) is 0 Å². The van der Waals surface area contributed by atoms with E-state index in [1.807, 2.05) is 0 Å². The van der Waals surface area contributed by atoms with E-state index in [-0.39, 0.29) is 17.7 Å². The van der Waals surface area contributed by atoms with Gasteiger partial charge in [-0.05, 0) is 44.5 Å². The molecule has 4 nitrogen and oxygen atoms in total. The van der Waals surface area contributed by atoms with Crippen LogP contribution in [0.5, 0.6) is 0 Å². The molecule has 0 spiro atoms. The summed E-state index contributed by atoms with van der Waals surface area (Å²) in [4.78, 5) is 22.1. The Kier molecular flexibility index (Phi) is 5.95. The minimum atomic E-state index is -4.53. The molecule has 0 saturated heterocycles. The molecule has 0 bridgehead atoms. The number of halogens is 3. The predicted octanol–water partition coefficient (Wildman–Crippen LogP) is 4.06. The molecule has 1 aromatic rings. The molecule has 23 heavy (non-hydrogen) atoms. The Bertz CT molecular complexity index is 602. The average molecular weight is 329 g/mol. The summed E-state index contributed by atoms with van der Waals surface area (Å²) in [5, 5.41) is 2.44. The van der Waals surface area contributed by atoms with Crippen molar-refractivity contribution in [2.75, 3.05) is 6.54 Å². The van der Waals surface area contributed by atoms with Crippen LogP contribution < -0.4 is 5.32 Å². The van der Waals surface area contributed by atoms with Crippen LogP contribution in [0.2, 0.25) is 0 Å². The summed E-state index contributed by atoms with van der Waals surface area (Å²) < 4.78 is 43.2. The highest BCUT2D eigenvalue weighted by Gasteiger charge is 2.30. The number of hydrogen-bond acceptors (Lipinski definition) is 3. The van der Waals surface area contributed by atoms with Gasteiger partial charge in [-0.1, -0.05) is 12.2 Å². The summed E-state index contributed by atoms with van der Waals surface area (Å²) in [5.74, 6) is 0. The molecule has 0 atom stereocenters. The van der Waals surface area contributed by atoms with Crippen LogP contribution in [-0.2, 0) is 10.9 Å². The van der Waals surface area contributed by atoms with Crippen molar-refractivity contribution < 1.29 is 27.5 Å². The normalized spacial score (nSPS) is 12.3. The molecule has 1 aromatic carbocycles. The lowest BCUT2D eigenvalue weighted by molar-refractivity contribution is -0.137. The van der Waals surface area contributed by atoms with E-state index in [9.17, 15) is 22.8 Å². The largest absolute Gasteiger partial charge is 0.444 e. The third-order valence-corrected chi connectivity index (χ3v) is 2.51. The zero-order valence-electron chi connectivity index (χ0n) is 13.0. The quantitative estimate of drug-likeness (QED) is 0.848. The lowest BCUT2D eigenvalue weighted by atomic mass is 10.1. The monoisotopic (exact) mass is 329 g/mol. The van der Waals surface area contributed by atoms with E-state index >= 15 is 0 Å². The van der Waals surface area contributed by atoms with Gasteiger partial charge in [0.25, 0.3) is 0 Å². The van der Waals surface area contributed by atoms with Crippen LogP contribution in [0.4, 0.5) is 18.0 Å². The molecule has 1 N–H and O–H groups in total. The number of amides is 1. The Labute approximate surface area is 132 Å². The zero-order valence-corrected chi connectivity index (χ0v) is 13.0. The number of benzene rings is 1. The van der Waals surface area contributed by atoms with Crippen LogP contribution in [0.1, 0.15) is 42.3 Å². The maximum absolute atomic E-state index is 12.7. The van der Waals surface area contributed by atoms with Crippen LogP contribution in [-0.4, -0.2) is 24.5 Å². The van der Waals surface area contributed by atoms with Crippen LogP contribution >= 0.6 is 0 Å². The van der Waals surface area contributed by atoms with Gasteiger partial charge in [-0.2, -0.15) is 13.2 Å². The Morgan fingerprint density at radius 2 is 1.78 bits per heavy atom. The van der Waals surface area contributed by atoms with Crippen molar-refractivity contribution in [3.8, 4) is 0 Å². The van der Waals surface area contributed by atoms with Crippen molar-refractivity contribution in [1.82, 2.24) is 5.32 Å². The fourth-order valence-corrected chi connectivity index (χ4v) is 1.66. The summed E-state index contributed by atoms with van der Waals surface area (Å²) in [6.45, 7) is 5.23. The standard InChI is InChI=1S/C16H18F3NO3/c1-15(2,3)23-14(22)20-6-4-5-11-7-12(10-21)9-13(8-11)16(17,18)19/h4-5,7-10H,6H2,1-3H3,(H,20,22). The number of alkyl halides is 3. The second kappa shape index (κ2) is 7.30. The first kappa shape index (κ1) is 18.7. The number of carbonyl (C=O) groups excluding carboxylic acids is 2. The molecule has 7 heteroatoms. The second-order valence-corrected chi connectivity index (χ2v) is 5.79. The Morgan fingerprint density at radius 3 is 2.30 bits per heavy atom. The second-order valence-electron chi connectivity index (χ2n) is 5.79. The molecular weight excluding hydrogens is 311 g/mol. The van der Waals surface area contributed by atoms with E-state index < -0.39 is 23.4 Å². The molecule has 1 rings (SSSR count). The predicted molar refractivity (Wildman–Crippen MR) is 80.1 cm³/mol. The van der Waals surface area contributed by atoms with Crippen molar-refractivity contribution in [2.45, 2.75) is 32.5 Å². The van der Waals surface area contributed by atoms with Gasteiger partial charge in [0, 0.05) is 12.1 Å². The molecule has 1 amide bonds. The zero-order chi connectivity index (χ0) is 17.7. The van der Waals surface area contributed by atoms with Crippen molar-refractivity contribution in [1.29, 1.82) is 0 Å². The number of hydrogen-bond donors (Lipinski definition) is 1. The lowest BCUT2D eigenvalue weighted by Crippen LogP contribution is -2.32. The first-order chi connectivity index (χ1) is 10.5. The van der Waals surface area contributed by atoms with Gasteiger partial charge < -0.3 is 10.1 Å². The summed E-state index contributed by atoms with van der Waals surface area (Å²) in [5.41, 5.74) is -1.39.